The smallest absolute Gasteiger partial charge is 0.406 e. The minimum Gasteiger partial charge on any atom is -0.406 e. The maximum absolute atomic E-state index is 14.4. The third-order valence-corrected chi connectivity index (χ3v) is 5.01. The van der Waals surface area contributed by atoms with Crippen molar-refractivity contribution < 1.29 is 27.4 Å². The van der Waals surface area contributed by atoms with E-state index >= 15 is 0 Å². The lowest BCUT2D eigenvalue weighted by atomic mass is 9.70. The normalized spacial score (nSPS) is 14.2. The van der Waals surface area contributed by atoms with Crippen LogP contribution in [0.5, 0.6) is 5.75 Å². The van der Waals surface area contributed by atoms with Gasteiger partial charge in [-0.05, 0) is 25.1 Å². The van der Waals surface area contributed by atoms with Crippen molar-refractivity contribution in [1.29, 1.82) is 0 Å². The molecule has 0 aliphatic rings. The van der Waals surface area contributed by atoms with Gasteiger partial charge in [-0.15, -0.1) is 13.2 Å². The maximum atomic E-state index is 14.4. The molecule has 1 N–H and O–H groups in total. The van der Waals surface area contributed by atoms with E-state index in [2.05, 4.69) is 19.7 Å². The van der Waals surface area contributed by atoms with Gasteiger partial charge < -0.3 is 9.84 Å². The van der Waals surface area contributed by atoms with Crippen molar-refractivity contribution >= 4 is 0 Å². The number of benzene rings is 1. The molecule has 0 fully saturated rings. The van der Waals surface area contributed by atoms with E-state index in [1.807, 2.05) is 20.8 Å². The van der Waals surface area contributed by atoms with Crippen LogP contribution in [0.4, 0.5) is 17.6 Å². The molecule has 1 aromatic carbocycles. The second kappa shape index (κ2) is 7.88. The van der Waals surface area contributed by atoms with Gasteiger partial charge in [-0.1, -0.05) is 26.8 Å². The first-order valence-corrected chi connectivity index (χ1v) is 9.34. The first-order valence-electron chi connectivity index (χ1n) is 9.34. The number of ether oxygens (including phenoxy) is 1. The van der Waals surface area contributed by atoms with E-state index in [0.29, 0.717) is 28.6 Å². The van der Waals surface area contributed by atoms with Crippen LogP contribution in [0.1, 0.15) is 37.7 Å². The molecule has 0 amide bonds. The van der Waals surface area contributed by atoms with Crippen molar-refractivity contribution in [2.75, 3.05) is 0 Å². The van der Waals surface area contributed by atoms with Gasteiger partial charge in [-0.2, -0.15) is 0 Å². The Bertz CT molecular complexity index is 1080. The van der Waals surface area contributed by atoms with Gasteiger partial charge in [-0.3, -0.25) is 4.98 Å². The molecule has 1 atom stereocenters. The molecule has 3 rings (SSSR count). The minimum atomic E-state index is -4.91. The molecule has 0 saturated carbocycles. The zero-order valence-electron chi connectivity index (χ0n) is 17.3. The van der Waals surface area contributed by atoms with E-state index in [1.165, 1.54) is 24.8 Å². The number of hydrogen-bond acceptors (Lipinski definition) is 5. The number of aromatic nitrogens is 3. The van der Waals surface area contributed by atoms with Gasteiger partial charge in [0.1, 0.15) is 23.5 Å². The fourth-order valence-corrected chi connectivity index (χ4v) is 3.37. The van der Waals surface area contributed by atoms with Crippen LogP contribution in [-0.2, 0) is 5.60 Å². The molecule has 0 aliphatic heterocycles. The molecule has 1 unspecified atom stereocenters. The predicted molar refractivity (Wildman–Crippen MR) is 106 cm³/mol. The zero-order valence-corrected chi connectivity index (χ0v) is 17.3. The summed E-state index contributed by atoms with van der Waals surface area (Å²) in [6.07, 6.45) is -0.642. The molecule has 3 aromatic rings. The van der Waals surface area contributed by atoms with Gasteiger partial charge in [0.25, 0.3) is 0 Å². The van der Waals surface area contributed by atoms with E-state index < -0.39 is 28.9 Å². The average Bonchev–Trinajstić information content (AvgIpc) is 2.66. The molecule has 5 nitrogen and oxygen atoms in total. The summed E-state index contributed by atoms with van der Waals surface area (Å²) in [5.74, 6) is -1.55. The van der Waals surface area contributed by atoms with Gasteiger partial charge in [0, 0.05) is 46.3 Å². The third-order valence-electron chi connectivity index (χ3n) is 5.01. The van der Waals surface area contributed by atoms with Crippen LogP contribution in [-0.4, -0.2) is 26.4 Å². The molecule has 0 aliphatic carbocycles. The molecule has 0 spiro atoms. The Hall–Kier alpha value is -3.07. The largest absolute Gasteiger partial charge is 0.573 e. The number of alkyl halides is 3. The summed E-state index contributed by atoms with van der Waals surface area (Å²) < 4.78 is 55.1. The van der Waals surface area contributed by atoms with Crippen molar-refractivity contribution in [3.8, 4) is 16.9 Å². The highest BCUT2D eigenvalue weighted by atomic mass is 19.4. The van der Waals surface area contributed by atoms with E-state index in [1.54, 1.807) is 19.1 Å². The Morgan fingerprint density at radius 2 is 1.68 bits per heavy atom. The second-order valence-corrected chi connectivity index (χ2v) is 8.10. The summed E-state index contributed by atoms with van der Waals surface area (Å²) in [4.78, 5) is 12.5. The van der Waals surface area contributed by atoms with E-state index in [0.717, 1.165) is 6.07 Å². The van der Waals surface area contributed by atoms with Crippen LogP contribution in [0, 0.1) is 18.2 Å². The van der Waals surface area contributed by atoms with Gasteiger partial charge in [0.05, 0.1) is 5.69 Å². The topological polar surface area (TPSA) is 68.1 Å². The third kappa shape index (κ3) is 4.51. The van der Waals surface area contributed by atoms with Gasteiger partial charge >= 0.3 is 6.36 Å². The average molecular weight is 435 g/mol. The fraction of sp³-hybridized carbons (Fsp3) is 0.318. The predicted octanol–water partition coefficient (Wildman–Crippen LogP) is 5.17. The van der Waals surface area contributed by atoms with Crippen LogP contribution < -0.4 is 4.74 Å². The molecule has 2 aromatic heterocycles. The Morgan fingerprint density at radius 3 is 2.19 bits per heavy atom. The number of rotatable bonds is 4. The van der Waals surface area contributed by atoms with E-state index in [4.69, 9.17) is 0 Å². The molecule has 0 radical (unpaired) electrons. The van der Waals surface area contributed by atoms with Gasteiger partial charge in [-0.25, -0.2) is 14.4 Å². The van der Waals surface area contributed by atoms with E-state index in [-0.39, 0.29) is 5.56 Å². The minimum absolute atomic E-state index is 0.0482. The summed E-state index contributed by atoms with van der Waals surface area (Å²) in [6.45, 7) is 7.28. The van der Waals surface area contributed by atoms with Crippen molar-refractivity contribution in [3.63, 3.8) is 0 Å². The fourth-order valence-electron chi connectivity index (χ4n) is 3.37. The summed E-state index contributed by atoms with van der Waals surface area (Å²) in [5.41, 5.74) is -0.478. The summed E-state index contributed by atoms with van der Waals surface area (Å²) in [7, 11) is 0. The molecular formula is C22H21F4N3O2. The Balaban J connectivity index is 2.01. The highest BCUT2D eigenvalue weighted by molar-refractivity contribution is 5.64. The lowest BCUT2D eigenvalue weighted by molar-refractivity contribution is -0.274. The number of aryl methyl sites for hydroxylation is 1. The van der Waals surface area contributed by atoms with Crippen molar-refractivity contribution in [2.24, 2.45) is 5.41 Å². The van der Waals surface area contributed by atoms with Gasteiger partial charge in [0.2, 0.25) is 0 Å². The molecule has 164 valence electrons. The summed E-state index contributed by atoms with van der Waals surface area (Å²) in [5, 5.41) is 11.7. The Morgan fingerprint density at radius 1 is 0.968 bits per heavy atom. The Labute approximate surface area is 176 Å². The highest BCUT2D eigenvalue weighted by Crippen LogP contribution is 2.44. The van der Waals surface area contributed by atoms with Gasteiger partial charge in [0.15, 0.2) is 0 Å². The van der Waals surface area contributed by atoms with Crippen LogP contribution >= 0.6 is 0 Å². The summed E-state index contributed by atoms with van der Waals surface area (Å²) >= 11 is 0. The molecular weight excluding hydrogens is 414 g/mol. The Kier molecular flexibility index (Phi) is 5.75. The van der Waals surface area contributed by atoms with Crippen LogP contribution in [0.3, 0.4) is 0 Å². The number of aliphatic hydroxyl groups is 1. The van der Waals surface area contributed by atoms with Crippen molar-refractivity contribution in [3.05, 3.63) is 71.8 Å². The zero-order chi connectivity index (χ0) is 23.0. The lowest BCUT2D eigenvalue weighted by Crippen LogP contribution is -2.42. The molecule has 31 heavy (non-hydrogen) atoms. The lowest BCUT2D eigenvalue weighted by Gasteiger charge is -2.40. The monoisotopic (exact) mass is 435 g/mol. The van der Waals surface area contributed by atoms with Crippen molar-refractivity contribution in [2.45, 2.75) is 39.7 Å². The molecule has 0 bridgehead atoms. The highest BCUT2D eigenvalue weighted by Gasteiger charge is 2.46. The number of pyridine rings is 1. The SMILES string of the molecule is Cc1ncncc1C(O)(c1ccc(-c2ccc(OC(F)(F)F)cc2F)cn1)C(C)(C)C. The summed E-state index contributed by atoms with van der Waals surface area (Å²) in [6, 6.07) is 5.95. The van der Waals surface area contributed by atoms with Crippen LogP contribution in [0.15, 0.2) is 49.1 Å². The first-order chi connectivity index (χ1) is 14.3. The maximum Gasteiger partial charge on any atom is 0.573 e. The number of hydrogen-bond donors (Lipinski definition) is 1. The number of nitrogens with zero attached hydrogens (tertiary/aromatic N) is 3. The second-order valence-electron chi connectivity index (χ2n) is 8.10. The molecule has 9 heteroatoms. The van der Waals surface area contributed by atoms with Crippen LogP contribution in [0.2, 0.25) is 0 Å². The number of halogens is 4. The quantitative estimate of drug-likeness (QED) is 0.573. The van der Waals surface area contributed by atoms with E-state index in [9.17, 15) is 22.7 Å². The standard InChI is InChI=1S/C22H21F4N3O2/c1-13-17(11-27-12-29-13)21(30,20(2,3)4)19-8-5-14(10-28-19)16-7-6-15(9-18(16)23)31-22(24,25)26/h5-12,30H,1-4H3. The first kappa shape index (κ1) is 22.6. The molecule has 2 heterocycles. The van der Waals surface area contributed by atoms with Crippen LogP contribution in [0.25, 0.3) is 11.1 Å². The molecule has 0 saturated heterocycles. The van der Waals surface area contributed by atoms with Crippen molar-refractivity contribution in [1.82, 2.24) is 15.0 Å².